The molecule has 3 aromatic rings. The van der Waals surface area contributed by atoms with Crippen molar-refractivity contribution in [2.24, 2.45) is 7.05 Å². The van der Waals surface area contributed by atoms with Crippen molar-refractivity contribution in [3.63, 3.8) is 0 Å². The van der Waals surface area contributed by atoms with Gasteiger partial charge in [-0.2, -0.15) is 0 Å². The van der Waals surface area contributed by atoms with Crippen molar-refractivity contribution in [1.82, 2.24) is 14.9 Å². The van der Waals surface area contributed by atoms with Gasteiger partial charge in [0.1, 0.15) is 11.5 Å². The van der Waals surface area contributed by atoms with E-state index in [9.17, 15) is 9.18 Å². The number of halogens is 1. The Labute approximate surface area is 133 Å². The summed E-state index contributed by atoms with van der Waals surface area (Å²) in [5.41, 5.74) is 3.39. The quantitative estimate of drug-likeness (QED) is 0.805. The number of nitrogens with zero attached hydrogens (tertiary/aromatic N) is 2. The van der Waals surface area contributed by atoms with Crippen LogP contribution in [0, 0.1) is 5.82 Å². The summed E-state index contributed by atoms with van der Waals surface area (Å²) in [6.45, 7) is 0.356. The Morgan fingerprint density at radius 1 is 1.13 bits per heavy atom. The molecule has 116 valence electrons. The summed E-state index contributed by atoms with van der Waals surface area (Å²) in [4.78, 5) is 16.3. The SMILES string of the molecule is Cn1cc(-c2ccncc2)cc1C(=O)NCc1ccc(F)cc1. The van der Waals surface area contributed by atoms with Gasteiger partial charge >= 0.3 is 0 Å². The Hall–Kier alpha value is -2.95. The van der Waals surface area contributed by atoms with Gasteiger partial charge in [-0.25, -0.2) is 4.39 Å². The smallest absolute Gasteiger partial charge is 0.268 e. The second-order valence-electron chi connectivity index (χ2n) is 5.27. The molecule has 3 rings (SSSR count). The lowest BCUT2D eigenvalue weighted by Crippen LogP contribution is -2.24. The molecule has 0 aliphatic carbocycles. The molecule has 0 saturated carbocycles. The minimum absolute atomic E-state index is 0.169. The summed E-state index contributed by atoms with van der Waals surface area (Å²) in [7, 11) is 1.83. The van der Waals surface area contributed by atoms with E-state index < -0.39 is 0 Å². The maximum Gasteiger partial charge on any atom is 0.268 e. The zero-order chi connectivity index (χ0) is 16.2. The Kier molecular flexibility index (Phi) is 4.19. The first kappa shape index (κ1) is 15.0. The highest BCUT2D eigenvalue weighted by Crippen LogP contribution is 2.20. The average Bonchev–Trinajstić information content (AvgIpc) is 2.97. The number of amides is 1. The van der Waals surface area contributed by atoms with Crippen molar-refractivity contribution in [3.05, 3.63) is 78.1 Å². The number of benzene rings is 1. The zero-order valence-electron chi connectivity index (χ0n) is 12.7. The minimum atomic E-state index is -0.287. The second-order valence-corrected chi connectivity index (χ2v) is 5.27. The third kappa shape index (κ3) is 3.45. The summed E-state index contributed by atoms with van der Waals surface area (Å²) in [5.74, 6) is -0.457. The first-order valence-corrected chi connectivity index (χ1v) is 7.23. The van der Waals surface area contributed by atoms with E-state index in [2.05, 4.69) is 10.3 Å². The van der Waals surface area contributed by atoms with Crippen LogP contribution < -0.4 is 5.32 Å². The van der Waals surface area contributed by atoms with Gasteiger partial charge in [0.25, 0.3) is 5.91 Å². The maximum atomic E-state index is 12.9. The topological polar surface area (TPSA) is 46.9 Å². The fourth-order valence-corrected chi connectivity index (χ4v) is 2.37. The summed E-state index contributed by atoms with van der Waals surface area (Å²) < 4.78 is 14.7. The first-order valence-electron chi connectivity index (χ1n) is 7.23. The van der Waals surface area contributed by atoms with Gasteiger partial charge in [-0.05, 0) is 41.5 Å². The minimum Gasteiger partial charge on any atom is -0.347 e. The van der Waals surface area contributed by atoms with Crippen LogP contribution >= 0.6 is 0 Å². The molecule has 1 N–H and O–H groups in total. The Bertz CT molecular complexity index is 810. The van der Waals surface area contributed by atoms with Crippen molar-refractivity contribution in [2.75, 3.05) is 0 Å². The van der Waals surface area contributed by atoms with Crippen molar-refractivity contribution in [1.29, 1.82) is 0 Å². The third-order valence-electron chi connectivity index (χ3n) is 3.62. The number of carbonyl (C=O) groups excluding carboxylic acids is 1. The molecule has 0 aliphatic heterocycles. The van der Waals surface area contributed by atoms with Gasteiger partial charge in [-0.3, -0.25) is 9.78 Å². The zero-order valence-corrected chi connectivity index (χ0v) is 12.7. The van der Waals surface area contributed by atoms with Crippen LogP contribution in [-0.4, -0.2) is 15.5 Å². The predicted molar refractivity (Wildman–Crippen MR) is 86.2 cm³/mol. The number of pyridine rings is 1. The summed E-state index contributed by atoms with van der Waals surface area (Å²) in [5, 5.41) is 2.85. The number of carbonyl (C=O) groups is 1. The molecule has 0 saturated heterocycles. The number of nitrogens with one attached hydrogen (secondary N) is 1. The molecule has 2 heterocycles. The highest BCUT2D eigenvalue weighted by molar-refractivity contribution is 5.94. The number of hydrogen-bond donors (Lipinski definition) is 1. The maximum absolute atomic E-state index is 12.9. The van der Waals surface area contributed by atoms with Crippen LogP contribution in [0.2, 0.25) is 0 Å². The number of rotatable bonds is 4. The number of hydrogen-bond acceptors (Lipinski definition) is 2. The van der Waals surface area contributed by atoms with Gasteiger partial charge in [-0.1, -0.05) is 12.1 Å². The molecule has 0 fully saturated rings. The van der Waals surface area contributed by atoms with Crippen LogP contribution in [0.1, 0.15) is 16.1 Å². The van der Waals surface area contributed by atoms with E-state index in [0.717, 1.165) is 16.7 Å². The van der Waals surface area contributed by atoms with Crippen LogP contribution in [0.3, 0.4) is 0 Å². The van der Waals surface area contributed by atoms with Crippen molar-refractivity contribution >= 4 is 5.91 Å². The molecule has 4 nitrogen and oxygen atoms in total. The number of aryl methyl sites for hydroxylation is 1. The van der Waals surface area contributed by atoms with Crippen molar-refractivity contribution < 1.29 is 9.18 Å². The van der Waals surface area contributed by atoms with E-state index in [1.54, 1.807) is 29.1 Å². The lowest BCUT2D eigenvalue weighted by atomic mass is 10.1. The van der Waals surface area contributed by atoms with E-state index in [0.29, 0.717) is 12.2 Å². The monoisotopic (exact) mass is 309 g/mol. The van der Waals surface area contributed by atoms with E-state index >= 15 is 0 Å². The normalized spacial score (nSPS) is 10.5. The van der Waals surface area contributed by atoms with Gasteiger partial charge in [0.05, 0.1) is 0 Å². The van der Waals surface area contributed by atoms with Crippen LogP contribution in [0.25, 0.3) is 11.1 Å². The van der Waals surface area contributed by atoms with Gasteiger partial charge in [0, 0.05) is 37.7 Å². The average molecular weight is 309 g/mol. The standard InChI is InChI=1S/C18H16FN3O/c1-22-12-15(14-6-8-20-9-7-14)10-17(22)18(23)21-11-13-2-4-16(19)5-3-13/h2-10,12H,11H2,1H3,(H,21,23). The highest BCUT2D eigenvalue weighted by Gasteiger charge is 2.12. The van der Waals surface area contributed by atoms with Crippen LogP contribution in [-0.2, 0) is 13.6 Å². The first-order chi connectivity index (χ1) is 11.1. The van der Waals surface area contributed by atoms with Crippen LogP contribution in [0.4, 0.5) is 4.39 Å². The Morgan fingerprint density at radius 3 is 2.52 bits per heavy atom. The van der Waals surface area contributed by atoms with Gasteiger partial charge in [0.2, 0.25) is 0 Å². The molecule has 0 spiro atoms. The van der Waals surface area contributed by atoms with E-state index in [-0.39, 0.29) is 11.7 Å². The molecule has 1 aromatic carbocycles. The van der Waals surface area contributed by atoms with Gasteiger partial charge in [0.15, 0.2) is 0 Å². The van der Waals surface area contributed by atoms with E-state index in [1.165, 1.54) is 12.1 Å². The molecular weight excluding hydrogens is 293 g/mol. The van der Waals surface area contributed by atoms with Gasteiger partial charge < -0.3 is 9.88 Å². The predicted octanol–water partition coefficient (Wildman–Crippen LogP) is 3.16. The molecule has 0 radical (unpaired) electrons. The lowest BCUT2D eigenvalue weighted by Gasteiger charge is -2.06. The van der Waals surface area contributed by atoms with E-state index in [1.807, 2.05) is 31.4 Å². The molecular formula is C18H16FN3O. The third-order valence-corrected chi connectivity index (χ3v) is 3.62. The fourth-order valence-electron chi connectivity index (χ4n) is 2.37. The Balaban J connectivity index is 1.72. The second kappa shape index (κ2) is 6.44. The molecule has 0 unspecified atom stereocenters. The van der Waals surface area contributed by atoms with Crippen molar-refractivity contribution in [2.45, 2.75) is 6.54 Å². The van der Waals surface area contributed by atoms with Gasteiger partial charge in [-0.15, -0.1) is 0 Å². The Morgan fingerprint density at radius 2 is 1.83 bits per heavy atom. The van der Waals surface area contributed by atoms with Crippen molar-refractivity contribution in [3.8, 4) is 11.1 Å². The van der Waals surface area contributed by atoms with Crippen LogP contribution in [0.15, 0.2) is 61.1 Å². The number of aromatic nitrogens is 2. The van der Waals surface area contributed by atoms with Crippen LogP contribution in [0.5, 0.6) is 0 Å². The summed E-state index contributed by atoms with van der Waals surface area (Å²) in [6, 6.07) is 11.7. The lowest BCUT2D eigenvalue weighted by molar-refractivity contribution is 0.0943. The molecule has 2 aromatic heterocycles. The largest absolute Gasteiger partial charge is 0.347 e. The summed E-state index contributed by atoms with van der Waals surface area (Å²) in [6.07, 6.45) is 5.34. The fraction of sp³-hybridized carbons (Fsp3) is 0.111. The molecule has 0 aliphatic rings. The molecule has 5 heteroatoms. The molecule has 1 amide bonds. The molecule has 0 atom stereocenters. The highest BCUT2D eigenvalue weighted by atomic mass is 19.1. The molecule has 23 heavy (non-hydrogen) atoms. The summed E-state index contributed by atoms with van der Waals surface area (Å²) >= 11 is 0. The molecule has 0 bridgehead atoms. The van der Waals surface area contributed by atoms with E-state index in [4.69, 9.17) is 0 Å².